The molecular weight excluding hydrogens is 366 g/mol. The van der Waals surface area contributed by atoms with Gasteiger partial charge in [0.1, 0.15) is 11.5 Å². The van der Waals surface area contributed by atoms with Gasteiger partial charge in [0, 0.05) is 0 Å². The predicted octanol–water partition coefficient (Wildman–Crippen LogP) is 5.03. The van der Waals surface area contributed by atoms with Gasteiger partial charge in [-0.1, -0.05) is 6.08 Å². The first kappa shape index (κ1) is 19.4. The van der Waals surface area contributed by atoms with Gasteiger partial charge >= 0.3 is 12.4 Å². The molecule has 0 fully saturated rings. The second kappa shape index (κ2) is 6.74. The fourth-order valence-electron chi connectivity index (χ4n) is 2.11. The minimum Gasteiger partial charge on any atom is -0.508 e. The quantitative estimate of drug-likeness (QED) is 0.342. The molecule has 0 amide bonds. The molecule has 2 N–H and O–H groups in total. The highest BCUT2D eigenvalue weighted by Crippen LogP contribution is 2.37. The van der Waals surface area contributed by atoms with Gasteiger partial charge in [0.05, 0.1) is 16.7 Å². The third kappa shape index (κ3) is 4.35. The van der Waals surface area contributed by atoms with Crippen LogP contribution in [0.2, 0.25) is 0 Å². The number of benzene rings is 2. The van der Waals surface area contributed by atoms with Crippen molar-refractivity contribution >= 4 is 11.9 Å². The van der Waals surface area contributed by atoms with E-state index in [1.807, 2.05) is 0 Å². The highest BCUT2D eigenvalue weighted by Gasteiger charge is 2.36. The number of allylic oxidation sites excluding steroid dienone is 1. The van der Waals surface area contributed by atoms with Gasteiger partial charge in [0.2, 0.25) is 0 Å². The molecule has 9 heteroatoms. The average molecular weight is 376 g/mol. The van der Waals surface area contributed by atoms with Crippen molar-refractivity contribution in [2.24, 2.45) is 0 Å². The number of carbonyl (C=O) groups excluding carboxylic acids is 1. The number of ketones is 1. The van der Waals surface area contributed by atoms with Crippen molar-refractivity contribution in [3.8, 4) is 11.5 Å². The molecule has 0 aliphatic heterocycles. The highest BCUT2D eigenvalue weighted by molar-refractivity contribution is 6.08. The molecule has 2 aromatic carbocycles. The fraction of sp³-hybridized carbons (Fsp3) is 0.118. The maximum absolute atomic E-state index is 13.0. The smallest absolute Gasteiger partial charge is 0.416 e. The molecule has 138 valence electrons. The fourth-order valence-corrected chi connectivity index (χ4v) is 2.11. The maximum Gasteiger partial charge on any atom is 0.416 e. The molecule has 26 heavy (non-hydrogen) atoms. The van der Waals surface area contributed by atoms with Crippen molar-refractivity contribution in [3.05, 3.63) is 64.7 Å². The Hall–Kier alpha value is -2.97. The number of phenols is 2. The lowest BCUT2D eigenvalue weighted by Gasteiger charge is -2.13. The van der Waals surface area contributed by atoms with Crippen molar-refractivity contribution in [2.75, 3.05) is 0 Å². The van der Waals surface area contributed by atoms with Gasteiger partial charge in [-0.3, -0.25) is 4.79 Å². The highest BCUT2D eigenvalue weighted by atomic mass is 19.4. The lowest BCUT2D eigenvalue weighted by molar-refractivity contribution is -0.141. The lowest BCUT2D eigenvalue weighted by atomic mass is 10.0. The predicted molar refractivity (Wildman–Crippen MR) is 79.6 cm³/mol. The van der Waals surface area contributed by atoms with Crippen LogP contribution < -0.4 is 0 Å². The Bertz CT molecular complexity index is 866. The molecule has 0 aliphatic carbocycles. The summed E-state index contributed by atoms with van der Waals surface area (Å²) in [6, 6.07) is 3.78. The standard InChI is InChI=1S/C17H10F6O3/c18-16(19,20)10-2-4-13(17(21,22)23)9(7-10)1-5-14(25)12-8-11(24)3-6-15(12)26/h1-8,24,26H/b5-1+. The Balaban J connectivity index is 2.47. The Morgan fingerprint density at radius 3 is 2.12 bits per heavy atom. The average Bonchev–Trinajstić information content (AvgIpc) is 2.52. The second-order valence-electron chi connectivity index (χ2n) is 5.20. The van der Waals surface area contributed by atoms with Crippen molar-refractivity contribution in [1.29, 1.82) is 0 Å². The molecule has 2 aromatic rings. The number of aromatic hydroxyl groups is 2. The van der Waals surface area contributed by atoms with Crippen LogP contribution in [0.25, 0.3) is 6.08 Å². The van der Waals surface area contributed by atoms with Crippen LogP contribution in [0, 0.1) is 0 Å². The molecule has 0 saturated heterocycles. The SMILES string of the molecule is O=C(/C=C/c1cc(C(F)(F)F)ccc1C(F)(F)F)c1cc(O)ccc1O. The van der Waals surface area contributed by atoms with Crippen LogP contribution >= 0.6 is 0 Å². The van der Waals surface area contributed by atoms with Crippen LogP contribution in [0.1, 0.15) is 27.0 Å². The van der Waals surface area contributed by atoms with Gasteiger partial charge in [-0.05, 0) is 48.0 Å². The Morgan fingerprint density at radius 2 is 1.54 bits per heavy atom. The zero-order valence-corrected chi connectivity index (χ0v) is 12.7. The van der Waals surface area contributed by atoms with Gasteiger partial charge in [-0.15, -0.1) is 0 Å². The number of phenolic OH excluding ortho intramolecular Hbond substituents is 2. The topological polar surface area (TPSA) is 57.5 Å². The van der Waals surface area contributed by atoms with E-state index in [-0.39, 0.29) is 17.9 Å². The third-order valence-corrected chi connectivity index (χ3v) is 3.34. The summed E-state index contributed by atoms with van der Waals surface area (Å²) in [4.78, 5) is 12.0. The first-order valence-electron chi connectivity index (χ1n) is 6.92. The first-order valence-corrected chi connectivity index (χ1v) is 6.92. The largest absolute Gasteiger partial charge is 0.508 e. The van der Waals surface area contributed by atoms with Crippen LogP contribution in [0.4, 0.5) is 26.3 Å². The van der Waals surface area contributed by atoms with Crippen molar-refractivity contribution < 1.29 is 41.4 Å². The van der Waals surface area contributed by atoms with Crippen LogP contribution in [0.5, 0.6) is 11.5 Å². The van der Waals surface area contributed by atoms with E-state index in [2.05, 4.69) is 0 Å². The van der Waals surface area contributed by atoms with E-state index in [1.54, 1.807) is 0 Å². The summed E-state index contributed by atoms with van der Waals surface area (Å²) < 4.78 is 77.1. The number of hydrogen-bond acceptors (Lipinski definition) is 3. The summed E-state index contributed by atoms with van der Waals surface area (Å²) >= 11 is 0. The molecule has 3 nitrogen and oxygen atoms in total. The van der Waals surface area contributed by atoms with Gasteiger partial charge in [0.25, 0.3) is 0 Å². The second-order valence-corrected chi connectivity index (χ2v) is 5.20. The van der Waals surface area contributed by atoms with E-state index in [9.17, 15) is 41.4 Å². The molecule has 2 rings (SSSR count). The van der Waals surface area contributed by atoms with Gasteiger partial charge < -0.3 is 10.2 Å². The number of hydrogen-bond donors (Lipinski definition) is 2. The minimum absolute atomic E-state index is 0.273. The van der Waals surface area contributed by atoms with Crippen LogP contribution in [0.15, 0.2) is 42.5 Å². The number of rotatable bonds is 3. The molecule has 0 heterocycles. The number of alkyl halides is 6. The molecule has 0 aliphatic rings. The van der Waals surface area contributed by atoms with E-state index < -0.39 is 46.1 Å². The minimum atomic E-state index is -4.93. The van der Waals surface area contributed by atoms with Gasteiger partial charge in [-0.25, -0.2) is 0 Å². The summed E-state index contributed by atoms with van der Waals surface area (Å²) in [6.07, 6.45) is -8.64. The Kier molecular flexibility index (Phi) is 5.02. The molecule has 0 radical (unpaired) electrons. The van der Waals surface area contributed by atoms with Crippen LogP contribution in [0.3, 0.4) is 0 Å². The molecule has 0 atom stereocenters. The van der Waals surface area contributed by atoms with Crippen molar-refractivity contribution in [3.63, 3.8) is 0 Å². The summed E-state index contributed by atoms with van der Waals surface area (Å²) in [5.41, 5.74) is -3.94. The Morgan fingerprint density at radius 1 is 0.885 bits per heavy atom. The lowest BCUT2D eigenvalue weighted by Crippen LogP contribution is -2.11. The zero-order valence-electron chi connectivity index (χ0n) is 12.7. The summed E-state index contributed by atoms with van der Waals surface area (Å²) in [5.74, 6) is -1.92. The summed E-state index contributed by atoms with van der Waals surface area (Å²) in [7, 11) is 0. The molecule has 0 saturated carbocycles. The van der Waals surface area contributed by atoms with E-state index in [1.165, 1.54) is 0 Å². The summed E-state index contributed by atoms with van der Waals surface area (Å²) in [6.45, 7) is 0. The molecule has 0 unspecified atom stereocenters. The summed E-state index contributed by atoms with van der Waals surface area (Å²) in [5, 5.41) is 18.8. The molecule has 0 spiro atoms. The van der Waals surface area contributed by atoms with E-state index >= 15 is 0 Å². The van der Waals surface area contributed by atoms with E-state index in [4.69, 9.17) is 0 Å². The first-order chi connectivity index (χ1) is 11.9. The third-order valence-electron chi connectivity index (χ3n) is 3.34. The number of carbonyl (C=O) groups is 1. The van der Waals surface area contributed by atoms with Crippen LogP contribution in [-0.2, 0) is 12.4 Å². The normalized spacial score (nSPS) is 12.5. The van der Waals surface area contributed by atoms with Crippen molar-refractivity contribution in [1.82, 2.24) is 0 Å². The van der Waals surface area contributed by atoms with E-state index in [0.29, 0.717) is 18.2 Å². The zero-order chi connectivity index (χ0) is 19.7. The van der Waals surface area contributed by atoms with Gasteiger partial charge in [0.15, 0.2) is 5.78 Å². The molecular formula is C17H10F6O3. The van der Waals surface area contributed by atoms with E-state index in [0.717, 1.165) is 18.2 Å². The van der Waals surface area contributed by atoms with Gasteiger partial charge in [-0.2, -0.15) is 26.3 Å². The maximum atomic E-state index is 13.0. The van der Waals surface area contributed by atoms with Crippen LogP contribution in [-0.4, -0.2) is 16.0 Å². The number of halogens is 6. The Labute approximate surface area is 142 Å². The molecule has 0 bridgehead atoms. The van der Waals surface area contributed by atoms with Crippen molar-refractivity contribution in [2.45, 2.75) is 12.4 Å². The monoisotopic (exact) mass is 376 g/mol. The molecule has 0 aromatic heterocycles.